The number of hydrogen-bond donors (Lipinski definition) is 2. The van der Waals surface area contributed by atoms with Crippen LogP contribution in [0, 0.1) is 17.0 Å². The van der Waals surface area contributed by atoms with Gasteiger partial charge in [0.05, 0.1) is 15.6 Å². The lowest BCUT2D eigenvalue weighted by Gasteiger charge is -2.09. The maximum Gasteiger partial charge on any atom is 0.307 e. The van der Waals surface area contributed by atoms with Gasteiger partial charge in [0.25, 0.3) is 11.6 Å². The van der Waals surface area contributed by atoms with Crippen LogP contribution in [0.15, 0.2) is 80.7 Å². The number of nitrogens with zero attached hydrogens (tertiary/aromatic N) is 2. The van der Waals surface area contributed by atoms with Crippen molar-refractivity contribution in [2.75, 3.05) is 11.9 Å². The molecule has 0 spiro atoms. The van der Waals surface area contributed by atoms with Gasteiger partial charge in [-0.2, -0.15) is 5.10 Å². The highest BCUT2D eigenvalue weighted by molar-refractivity contribution is 9.10. The summed E-state index contributed by atoms with van der Waals surface area (Å²) < 4.78 is 11.6. The Kier molecular flexibility index (Phi) is 7.40. The molecule has 4 aromatic rings. The molecule has 0 bridgehead atoms. The predicted molar refractivity (Wildman–Crippen MR) is 137 cm³/mol. The fourth-order valence-electron chi connectivity index (χ4n) is 3.17. The molecule has 1 heterocycles. The molecule has 3 aromatic carbocycles. The number of carbonyl (C=O) groups excluding carboxylic acids is 2. The number of fused-ring (bicyclic) bond motifs is 1. The summed E-state index contributed by atoms with van der Waals surface area (Å²) in [4.78, 5) is 34.8. The molecule has 0 unspecified atom stereocenters. The van der Waals surface area contributed by atoms with Gasteiger partial charge >= 0.3 is 5.91 Å². The van der Waals surface area contributed by atoms with E-state index >= 15 is 0 Å². The van der Waals surface area contributed by atoms with Crippen molar-refractivity contribution < 1.29 is 23.7 Å². The number of aryl methyl sites for hydroxylation is 1. The molecule has 0 fully saturated rings. The van der Waals surface area contributed by atoms with E-state index in [0.717, 1.165) is 5.56 Å². The summed E-state index contributed by atoms with van der Waals surface area (Å²) in [5, 5.41) is 18.0. The van der Waals surface area contributed by atoms with Crippen LogP contribution >= 0.6 is 15.9 Å². The quantitative estimate of drug-likeness (QED) is 0.176. The van der Waals surface area contributed by atoms with Crippen molar-refractivity contribution in [3.8, 4) is 5.75 Å². The number of non-ortho nitro benzene ring substituents is 1. The van der Waals surface area contributed by atoms with E-state index in [-0.39, 0.29) is 24.0 Å². The third-order valence-corrected chi connectivity index (χ3v) is 5.58. The van der Waals surface area contributed by atoms with Gasteiger partial charge in [-0.25, -0.2) is 5.43 Å². The standard InChI is InChI=1S/C25H19BrN4O6/c1-15-2-5-18(6-3-15)28-24(31)14-35-22-8-4-16(10-20(22)26)13-27-29-25(32)23-12-17-11-19(30(33)34)7-9-21(17)36-23/h2-13H,14H2,1H3,(H,28,31)(H,29,32)/b27-13+. The fourth-order valence-corrected chi connectivity index (χ4v) is 3.68. The van der Waals surface area contributed by atoms with Crippen molar-refractivity contribution in [3.05, 3.63) is 98.2 Å². The number of hydrazone groups is 1. The Morgan fingerprint density at radius 1 is 1.11 bits per heavy atom. The lowest BCUT2D eigenvalue weighted by Crippen LogP contribution is -2.20. The molecule has 36 heavy (non-hydrogen) atoms. The van der Waals surface area contributed by atoms with Crippen LogP contribution in [-0.4, -0.2) is 29.6 Å². The summed E-state index contributed by atoms with van der Waals surface area (Å²) in [5.41, 5.74) is 5.03. The Morgan fingerprint density at radius 3 is 2.61 bits per heavy atom. The van der Waals surface area contributed by atoms with Gasteiger partial charge in [-0.05, 0) is 70.9 Å². The van der Waals surface area contributed by atoms with Crippen LogP contribution in [0.3, 0.4) is 0 Å². The normalized spacial score (nSPS) is 10.9. The van der Waals surface area contributed by atoms with Crippen molar-refractivity contribution in [2.45, 2.75) is 6.92 Å². The topological polar surface area (TPSA) is 136 Å². The average molecular weight is 551 g/mol. The van der Waals surface area contributed by atoms with Gasteiger partial charge < -0.3 is 14.5 Å². The van der Waals surface area contributed by atoms with Gasteiger partial charge in [0, 0.05) is 23.2 Å². The number of nitrogens with one attached hydrogen (secondary N) is 2. The fraction of sp³-hybridized carbons (Fsp3) is 0.0800. The number of benzene rings is 3. The van der Waals surface area contributed by atoms with Crippen molar-refractivity contribution >= 4 is 56.3 Å². The minimum absolute atomic E-state index is 0.0310. The smallest absolute Gasteiger partial charge is 0.307 e. The average Bonchev–Trinajstić information content (AvgIpc) is 3.28. The van der Waals surface area contributed by atoms with E-state index in [9.17, 15) is 19.7 Å². The number of amides is 2. The van der Waals surface area contributed by atoms with Crippen LogP contribution in [0.5, 0.6) is 5.75 Å². The van der Waals surface area contributed by atoms with Crippen LogP contribution in [0.1, 0.15) is 21.7 Å². The monoisotopic (exact) mass is 550 g/mol. The van der Waals surface area contributed by atoms with Gasteiger partial charge in [0.2, 0.25) is 0 Å². The van der Waals surface area contributed by atoms with E-state index in [0.29, 0.717) is 32.4 Å². The minimum Gasteiger partial charge on any atom is -0.483 e. The van der Waals surface area contributed by atoms with Crippen molar-refractivity contribution in [1.29, 1.82) is 0 Å². The SMILES string of the molecule is Cc1ccc(NC(=O)COc2ccc(/C=N/NC(=O)c3cc4cc([N+](=O)[O-])ccc4o3)cc2Br)cc1. The highest BCUT2D eigenvalue weighted by atomic mass is 79.9. The molecular weight excluding hydrogens is 532 g/mol. The van der Waals surface area contributed by atoms with Crippen LogP contribution in [0.4, 0.5) is 11.4 Å². The molecule has 0 atom stereocenters. The zero-order valence-corrected chi connectivity index (χ0v) is 20.4. The van der Waals surface area contributed by atoms with Gasteiger partial charge in [0.1, 0.15) is 11.3 Å². The minimum atomic E-state index is -0.608. The molecule has 0 saturated heterocycles. The molecular formula is C25H19BrN4O6. The van der Waals surface area contributed by atoms with Gasteiger partial charge in [-0.3, -0.25) is 19.7 Å². The number of nitro benzene ring substituents is 1. The van der Waals surface area contributed by atoms with Gasteiger partial charge in [-0.1, -0.05) is 17.7 Å². The van der Waals surface area contributed by atoms with Crippen molar-refractivity contribution in [2.24, 2.45) is 5.10 Å². The van der Waals surface area contributed by atoms with Crippen LogP contribution in [-0.2, 0) is 4.79 Å². The third-order valence-electron chi connectivity index (χ3n) is 4.96. The Morgan fingerprint density at radius 2 is 1.89 bits per heavy atom. The Balaban J connectivity index is 1.31. The molecule has 0 aliphatic heterocycles. The van der Waals surface area contributed by atoms with E-state index in [1.807, 2.05) is 31.2 Å². The summed E-state index contributed by atoms with van der Waals surface area (Å²) in [7, 11) is 0. The Hall–Kier alpha value is -4.51. The van der Waals surface area contributed by atoms with Crippen molar-refractivity contribution in [1.82, 2.24) is 5.43 Å². The molecule has 0 aliphatic rings. The van der Waals surface area contributed by atoms with E-state index in [1.54, 1.807) is 18.2 Å². The first-order valence-electron chi connectivity index (χ1n) is 10.6. The highest BCUT2D eigenvalue weighted by Gasteiger charge is 2.14. The number of carbonyl (C=O) groups is 2. The lowest BCUT2D eigenvalue weighted by molar-refractivity contribution is -0.384. The van der Waals surface area contributed by atoms with Crippen LogP contribution < -0.4 is 15.5 Å². The first-order valence-corrected chi connectivity index (χ1v) is 11.4. The zero-order valence-electron chi connectivity index (χ0n) is 18.9. The highest BCUT2D eigenvalue weighted by Crippen LogP contribution is 2.26. The third kappa shape index (κ3) is 6.13. The molecule has 0 aliphatic carbocycles. The Labute approximate surface area is 213 Å². The number of nitro groups is 1. The molecule has 4 rings (SSSR count). The first kappa shape index (κ1) is 24.6. The lowest BCUT2D eigenvalue weighted by atomic mass is 10.2. The molecule has 182 valence electrons. The second-order valence-corrected chi connectivity index (χ2v) is 8.54. The number of ether oxygens (including phenoxy) is 1. The van der Waals surface area contributed by atoms with Crippen molar-refractivity contribution in [3.63, 3.8) is 0 Å². The summed E-state index contributed by atoms with van der Waals surface area (Å²) in [6, 6.07) is 18.0. The van der Waals surface area contributed by atoms with Crippen LogP contribution in [0.2, 0.25) is 0 Å². The number of hydrogen-bond acceptors (Lipinski definition) is 7. The number of halogens is 1. The molecule has 10 nitrogen and oxygen atoms in total. The second kappa shape index (κ2) is 10.8. The summed E-state index contributed by atoms with van der Waals surface area (Å²) in [5.74, 6) is -0.467. The van der Waals surface area contributed by atoms with E-state index < -0.39 is 10.8 Å². The Bertz CT molecular complexity index is 1480. The maximum atomic E-state index is 12.3. The predicted octanol–water partition coefficient (Wildman–Crippen LogP) is 5.19. The molecule has 1 aromatic heterocycles. The molecule has 2 amide bonds. The summed E-state index contributed by atoms with van der Waals surface area (Å²) >= 11 is 3.40. The number of anilines is 1. The van der Waals surface area contributed by atoms with E-state index in [4.69, 9.17) is 9.15 Å². The molecule has 11 heteroatoms. The van der Waals surface area contributed by atoms with E-state index in [1.165, 1.54) is 30.5 Å². The number of furan rings is 1. The molecule has 0 saturated carbocycles. The first-order chi connectivity index (χ1) is 17.3. The van der Waals surface area contributed by atoms with Gasteiger partial charge in [0.15, 0.2) is 12.4 Å². The molecule has 0 radical (unpaired) electrons. The van der Waals surface area contributed by atoms with Gasteiger partial charge in [-0.15, -0.1) is 0 Å². The molecule has 2 N–H and O–H groups in total. The van der Waals surface area contributed by atoms with Crippen LogP contribution in [0.25, 0.3) is 11.0 Å². The largest absolute Gasteiger partial charge is 0.483 e. The second-order valence-electron chi connectivity index (χ2n) is 7.68. The summed E-state index contributed by atoms with van der Waals surface area (Å²) in [6.07, 6.45) is 1.42. The van der Waals surface area contributed by atoms with E-state index in [2.05, 4.69) is 31.8 Å². The summed E-state index contributed by atoms with van der Waals surface area (Å²) in [6.45, 7) is 1.79. The maximum absolute atomic E-state index is 12.3. The zero-order chi connectivity index (χ0) is 25.7. The number of rotatable bonds is 8.